The lowest BCUT2D eigenvalue weighted by Gasteiger charge is -2.07. The van der Waals surface area contributed by atoms with Crippen molar-refractivity contribution in [3.63, 3.8) is 0 Å². The number of esters is 1. The minimum Gasteiger partial charge on any atom is -0.452 e. The summed E-state index contributed by atoms with van der Waals surface area (Å²) in [6.07, 6.45) is 0. The minimum absolute atomic E-state index is 0.250. The molecule has 2 aromatic carbocycles. The van der Waals surface area contributed by atoms with Crippen molar-refractivity contribution >= 4 is 34.5 Å². The molecule has 2 aromatic rings. The molecule has 0 radical (unpaired) electrons. The molecular formula is C16H13FINO3. The molecule has 0 fully saturated rings. The molecule has 2 rings (SSSR count). The van der Waals surface area contributed by atoms with Gasteiger partial charge in [-0.1, -0.05) is 18.2 Å². The quantitative estimate of drug-likeness (QED) is 0.606. The fourth-order valence-corrected chi connectivity index (χ4v) is 2.23. The van der Waals surface area contributed by atoms with E-state index in [1.807, 2.05) is 6.07 Å². The van der Waals surface area contributed by atoms with Gasteiger partial charge in [0.25, 0.3) is 5.91 Å². The van der Waals surface area contributed by atoms with Gasteiger partial charge in [0.15, 0.2) is 6.61 Å². The molecule has 0 aliphatic heterocycles. The molecule has 22 heavy (non-hydrogen) atoms. The summed E-state index contributed by atoms with van der Waals surface area (Å²) in [6, 6.07) is 12.7. The summed E-state index contributed by atoms with van der Waals surface area (Å²) in [4.78, 5) is 23.4. The number of nitrogens with one attached hydrogen (secondary N) is 1. The lowest BCUT2D eigenvalue weighted by atomic mass is 10.2. The Balaban J connectivity index is 1.78. The van der Waals surface area contributed by atoms with Crippen LogP contribution < -0.4 is 5.32 Å². The van der Waals surface area contributed by atoms with Crippen LogP contribution in [0.3, 0.4) is 0 Å². The molecule has 6 heteroatoms. The standard InChI is InChI=1S/C16H13FINO3/c17-13-6-4-11(5-7-13)9-19-15(20)10-22-16(21)12-2-1-3-14(18)8-12/h1-8H,9-10H2,(H,19,20). The molecule has 4 nitrogen and oxygen atoms in total. The van der Waals surface area contributed by atoms with Crippen molar-refractivity contribution in [3.05, 3.63) is 69.0 Å². The van der Waals surface area contributed by atoms with Gasteiger partial charge in [0.1, 0.15) is 5.82 Å². The largest absolute Gasteiger partial charge is 0.452 e. The predicted molar refractivity (Wildman–Crippen MR) is 87.7 cm³/mol. The molecule has 1 N–H and O–H groups in total. The van der Waals surface area contributed by atoms with E-state index >= 15 is 0 Å². The van der Waals surface area contributed by atoms with Crippen molar-refractivity contribution in [3.8, 4) is 0 Å². The van der Waals surface area contributed by atoms with Crippen molar-refractivity contribution in [2.45, 2.75) is 6.54 Å². The van der Waals surface area contributed by atoms with Gasteiger partial charge in [-0.15, -0.1) is 0 Å². The number of benzene rings is 2. The number of hydrogen-bond donors (Lipinski definition) is 1. The molecule has 0 aliphatic rings. The number of rotatable bonds is 5. The number of ether oxygens (including phenoxy) is 1. The van der Waals surface area contributed by atoms with Gasteiger partial charge < -0.3 is 10.1 Å². The molecule has 0 saturated heterocycles. The third-order valence-corrected chi connectivity index (χ3v) is 3.47. The van der Waals surface area contributed by atoms with Gasteiger partial charge in [-0.3, -0.25) is 4.79 Å². The molecule has 0 spiro atoms. The number of amides is 1. The van der Waals surface area contributed by atoms with Crippen molar-refractivity contribution in [2.24, 2.45) is 0 Å². The molecule has 0 aliphatic carbocycles. The zero-order valence-electron chi connectivity index (χ0n) is 11.5. The van der Waals surface area contributed by atoms with Crippen LogP contribution in [0.4, 0.5) is 4.39 Å². The highest BCUT2D eigenvalue weighted by atomic mass is 127. The van der Waals surface area contributed by atoms with Gasteiger partial charge in [-0.25, -0.2) is 9.18 Å². The summed E-state index contributed by atoms with van der Waals surface area (Å²) in [5, 5.41) is 2.60. The Bertz CT molecular complexity index is 673. The van der Waals surface area contributed by atoms with E-state index in [1.54, 1.807) is 30.3 Å². The third-order valence-electron chi connectivity index (χ3n) is 2.80. The Labute approximate surface area is 140 Å². The van der Waals surface area contributed by atoms with Gasteiger partial charge in [0, 0.05) is 10.1 Å². The highest BCUT2D eigenvalue weighted by Gasteiger charge is 2.10. The van der Waals surface area contributed by atoms with Crippen molar-refractivity contribution in [2.75, 3.05) is 6.61 Å². The van der Waals surface area contributed by atoms with Gasteiger partial charge in [-0.2, -0.15) is 0 Å². The fourth-order valence-electron chi connectivity index (χ4n) is 1.68. The predicted octanol–water partition coefficient (Wildman–Crippen LogP) is 2.90. The van der Waals surface area contributed by atoms with Crippen LogP contribution in [0.15, 0.2) is 48.5 Å². The van der Waals surface area contributed by atoms with Crippen molar-refractivity contribution < 1.29 is 18.7 Å². The second-order valence-corrected chi connectivity index (χ2v) is 5.74. The highest BCUT2D eigenvalue weighted by Crippen LogP contribution is 2.09. The number of halogens is 2. The van der Waals surface area contributed by atoms with E-state index in [4.69, 9.17) is 4.74 Å². The first kappa shape index (κ1) is 16.4. The second kappa shape index (κ2) is 7.88. The van der Waals surface area contributed by atoms with Crippen molar-refractivity contribution in [1.29, 1.82) is 0 Å². The number of hydrogen-bond acceptors (Lipinski definition) is 3. The number of carbonyl (C=O) groups excluding carboxylic acids is 2. The van der Waals surface area contributed by atoms with Gasteiger partial charge >= 0.3 is 5.97 Å². The normalized spacial score (nSPS) is 10.1. The summed E-state index contributed by atoms with van der Waals surface area (Å²) in [7, 11) is 0. The van der Waals surface area contributed by atoms with Gasteiger partial charge in [0.2, 0.25) is 0 Å². The number of carbonyl (C=O) groups is 2. The fraction of sp³-hybridized carbons (Fsp3) is 0.125. The van der Waals surface area contributed by atoms with E-state index in [2.05, 4.69) is 27.9 Å². The van der Waals surface area contributed by atoms with Gasteiger partial charge in [0.05, 0.1) is 5.56 Å². The van der Waals surface area contributed by atoms with Crippen LogP contribution >= 0.6 is 22.6 Å². The average Bonchev–Trinajstić information content (AvgIpc) is 2.52. The van der Waals surface area contributed by atoms with Crippen LogP contribution in [0.25, 0.3) is 0 Å². The van der Waals surface area contributed by atoms with Crippen LogP contribution in [0.5, 0.6) is 0 Å². The molecular weight excluding hydrogens is 400 g/mol. The van der Waals surface area contributed by atoms with Crippen LogP contribution in [0, 0.1) is 9.39 Å². The minimum atomic E-state index is -0.546. The summed E-state index contributed by atoms with van der Waals surface area (Å²) >= 11 is 2.09. The summed E-state index contributed by atoms with van der Waals surface area (Å²) in [5.74, 6) is -1.29. The van der Waals surface area contributed by atoms with E-state index in [0.29, 0.717) is 5.56 Å². The summed E-state index contributed by atoms with van der Waals surface area (Å²) in [6.45, 7) is -0.106. The van der Waals surface area contributed by atoms with Crippen LogP contribution in [-0.2, 0) is 16.1 Å². The first-order valence-electron chi connectivity index (χ1n) is 6.48. The zero-order valence-corrected chi connectivity index (χ0v) is 13.7. The smallest absolute Gasteiger partial charge is 0.338 e. The van der Waals surface area contributed by atoms with Crippen LogP contribution in [0.1, 0.15) is 15.9 Å². The molecule has 0 bridgehead atoms. The zero-order chi connectivity index (χ0) is 15.9. The lowest BCUT2D eigenvalue weighted by Crippen LogP contribution is -2.28. The molecule has 0 atom stereocenters. The summed E-state index contributed by atoms with van der Waals surface area (Å²) in [5.41, 5.74) is 1.16. The molecule has 0 aromatic heterocycles. The lowest BCUT2D eigenvalue weighted by molar-refractivity contribution is -0.124. The Morgan fingerprint density at radius 3 is 2.55 bits per heavy atom. The molecule has 1 amide bonds. The van der Waals surface area contributed by atoms with E-state index in [1.165, 1.54) is 12.1 Å². The maximum atomic E-state index is 12.7. The maximum Gasteiger partial charge on any atom is 0.338 e. The van der Waals surface area contributed by atoms with Crippen LogP contribution in [-0.4, -0.2) is 18.5 Å². The first-order chi connectivity index (χ1) is 10.5. The third kappa shape index (κ3) is 5.10. The Morgan fingerprint density at radius 2 is 1.86 bits per heavy atom. The van der Waals surface area contributed by atoms with E-state index in [0.717, 1.165) is 9.13 Å². The van der Waals surface area contributed by atoms with Crippen molar-refractivity contribution in [1.82, 2.24) is 5.32 Å². The first-order valence-corrected chi connectivity index (χ1v) is 7.56. The summed E-state index contributed by atoms with van der Waals surface area (Å²) < 4.78 is 18.6. The molecule has 114 valence electrons. The van der Waals surface area contributed by atoms with Crippen LogP contribution in [0.2, 0.25) is 0 Å². The van der Waals surface area contributed by atoms with Gasteiger partial charge in [-0.05, 0) is 58.5 Å². The Hall–Kier alpha value is -1.96. The second-order valence-electron chi connectivity index (χ2n) is 4.49. The topological polar surface area (TPSA) is 55.4 Å². The Kier molecular flexibility index (Phi) is 5.88. The van der Waals surface area contributed by atoms with E-state index < -0.39 is 11.9 Å². The molecule has 0 heterocycles. The molecule has 0 unspecified atom stereocenters. The van der Waals surface area contributed by atoms with E-state index in [-0.39, 0.29) is 19.0 Å². The van der Waals surface area contributed by atoms with E-state index in [9.17, 15) is 14.0 Å². The maximum absolute atomic E-state index is 12.7. The monoisotopic (exact) mass is 413 g/mol. The average molecular weight is 413 g/mol. The SMILES string of the molecule is O=C(COC(=O)c1cccc(I)c1)NCc1ccc(F)cc1. The molecule has 0 saturated carbocycles. The Morgan fingerprint density at radius 1 is 1.14 bits per heavy atom. The highest BCUT2D eigenvalue weighted by molar-refractivity contribution is 14.1.